The van der Waals surface area contributed by atoms with Crippen LogP contribution in [0.3, 0.4) is 0 Å². The Hall–Kier alpha value is -1.39. The molecule has 0 saturated heterocycles. The zero-order valence-corrected chi connectivity index (χ0v) is 14.4. The Morgan fingerprint density at radius 1 is 1.45 bits per heavy atom. The normalized spacial score (nSPS) is 18.0. The highest BCUT2D eigenvalue weighted by atomic mass is 16.5. The lowest BCUT2D eigenvalue weighted by molar-refractivity contribution is -0.122. The van der Waals surface area contributed by atoms with E-state index < -0.39 is 0 Å². The monoisotopic (exact) mass is 304 g/mol. The van der Waals surface area contributed by atoms with Gasteiger partial charge in [0.1, 0.15) is 6.61 Å². The molecule has 0 bridgehead atoms. The summed E-state index contributed by atoms with van der Waals surface area (Å²) in [6, 6.07) is 4.33. The lowest BCUT2D eigenvalue weighted by Crippen LogP contribution is -2.42. The average molecular weight is 304 g/mol. The van der Waals surface area contributed by atoms with Gasteiger partial charge in [-0.05, 0) is 47.9 Å². The van der Waals surface area contributed by atoms with Gasteiger partial charge in [-0.2, -0.15) is 0 Å². The average Bonchev–Trinajstić information content (AvgIpc) is 2.46. The van der Waals surface area contributed by atoms with Crippen LogP contribution in [0.4, 0.5) is 5.69 Å². The fourth-order valence-corrected chi connectivity index (χ4v) is 3.25. The van der Waals surface area contributed by atoms with Gasteiger partial charge in [-0.3, -0.25) is 4.79 Å². The summed E-state index contributed by atoms with van der Waals surface area (Å²) in [6.45, 7) is 9.48. The molecule has 1 aliphatic heterocycles. The van der Waals surface area contributed by atoms with Crippen molar-refractivity contribution in [2.75, 3.05) is 25.2 Å². The lowest BCUT2D eigenvalue weighted by Gasteiger charge is -2.40. The molecular formula is C18H28N2O2. The zero-order valence-electron chi connectivity index (χ0n) is 14.4. The van der Waals surface area contributed by atoms with E-state index in [9.17, 15) is 4.79 Å². The third kappa shape index (κ3) is 3.03. The lowest BCUT2D eigenvalue weighted by atomic mass is 9.75. The molecule has 122 valence electrons. The molecule has 0 saturated carbocycles. The van der Waals surface area contributed by atoms with Gasteiger partial charge in [-0.25, -0.2) is 0 Å². The van der Waals surface area contributed by atoms with E-state index in [1.165, 1.54) is 11.1 Å². The van der Waals surface area contributed by atoms with Crippen LogP contribution in [0.1, 0.15) is 56.8 Å². The summed E-state index contributed by atoms with van der Waals surface area (Å²) in [5.41, 5.74) is 10.9. The first kappa shape index (κ1) is 17.0. The van der Waals surface area contributed by atoms with Crippen molar-refractivity contribution in [3.05, 3.63) is 28.8 Å². The van der Waals surface area contributed by atoms with Crippen LogP contribution in [0.5, 0.6) is 0 Å². The van der Waals surface area contributed by atoms with Crippen molar-refractivity contribution in [2.24, 2.45) is 5.73 Å². The van der Waals surface area contributed by atoms with Crippen molar-refractivity contribution in [1.82, 2.24) is 0 Å². The Morgan fingerprint density at radius 3 is 2.68 bits per heavy atom. The fourth-order valence-electron chi connectivity index (χ4n) is 3.25. The first-order valence-electron chi connectivity index (χ1n) is 8.04. The fraction of sp³-hybridized carbons (Fsp3) is 0.611. The summed E-state index contributed by atoms with van der Waals surface area (Å²) in [4.78, 5) is 14.2. The molecule has 0 radical (unpaired) electrons. The van der Waals surface area contributed by atoms with Gasteiger partial charge in [0.15, 0.2) is 0 Å². The van der Waals surface area contributed by atoms with E-state index in [0.717, 1.165) is 30.6 Å². The first-order chi connectivity index (χ1) is 10.3. The van der Waals surface area contributed by atoms with Crippen LogP contribution in [-0.2, 0) is 21.4 Å². The Morgan fingerprint density at radius 2 is 2.14 bits per heavy atom. The predicted octanol–water partition coefficient (Wildman–Crippen LogP) is 2.93. The second-order valence-corrected chi connectivity index (χ2v) is 6.82. The summed E-state index contributed by atoms with van der Waals surface area (Å²) >= 11 is 0. The number of benzene rings is 1. The van der Waals surface area contributed by atoms with E-state index in [0.29, 0.717) is 0 Å². The molecule has 1 aromatic carbocycles. The number of nitrogens with two attached hydrogens (primary N) is 1. The molecule has 1 aromatic rings. The smallest absolute Gasteiger partial charge is 0.252 e. The Kier molecular flexibility index (Phi) is 4.93. The van der Waals surface area contributed by atoms with Crippen molar-refractivity contribution < 1.29 is 9.53 Å². The molecule has 4 heteroatoms. The van der Waals surface area contributed by atoms with Crippen LogP contribution >= 0.6 is 0 Å². The SMILES string of the molecule is CCc1cc2c(cc1[C@@H](C)N)N(C(=O)COC)CCC2(C)C. The largest absolute Gasteiger partial charge is 0.375 e. The number of amides is 1. The highest BCUT2D eigenvalue weighted by Crippen LogP contribution is 2.42. The van der Waals surface area contributed by atoms with Gasteiger partial charge >= 0.3 is 0 Å². The second-order valence-electron chi connectivity index (χ2n) is 6.82. The standard InChI is InChI=1S/C18H28N2O2/c1-6-13-9-15-16(10-14(13)12(2)19)20(17(21)11-22-5)8-7-18(15,3)4/h9-10,12H,6-8,11,19H2,1-5H3/t12-/m1/s1. The summed E-state index contributed by atoms with van der Waals surface area (Å²) < 4.78 is 5.03. The molecule has 1 aliphatic rings. The Balaban J connectivity index is 2.59. The van der Waals surface area contributed by atoms with E-state index in [4.69, 9.17) is 10.5 Å². The van der Waals surface area contributed by atoms with Gasteiger partial charge in [0.2, 0.25) is 0 Å². The van der Waals surface area contributed by atoms with E-state index in [2.05, 4.69) is 32.9 Å². The number of rotatable bonds is 4. The van der Waals surface area contributed by atoms with Gasteiger partial charge in [0, 0.05) is 25.4 Å². The van der Waals surface area contributed by atoms with Crippen LogP contribution in [0.2, 0.25) is 0 Å². The molecule has 1 amide bonds. The first-order valence-corrected chi connectivity index (χ1v) is 8.04. The Bertz CT molecular complexity index is 564. The van der Waals surface area contributed by atoms with Gasteiger partial charge < -0.3 is 15.4 Å². The number of aryl methyl sites for hydroxylation is 1. The maximum absolute atomic E-state index is 12.4. The number of ether oxygens (including phenoxy) is 1. The molecule has 0 unspecified atom stereocenters. The summed E-state index contributed by atoms with van der Waals surface area (Å²) in [5, 5.41) is 0. The highest BCUT2D eigenvalue weighted by Gasteiger charge is 2.34. The number of anilines is 1. The maximum Gasteiger partial charge on any atom is 0.252 e. The van der Waals surface area contributed by atoms with E-state index in [1.54, 1.807) is 7.11 Å². The second kappa shape index (κ2) is 6.39. The van der Waals surface area contributed by atoms with Crippen molar-refractivity contribution in [3.8, 4) is 0 Å². The molecule has 22 heavy (non-hydrogen) atoms. The minimum Gasteiger partial charge on any atom is -0.375 e. The van der Waals surface area contributed by atoms with Crippen LogP contribution in [0, 0.1) is 0 Å². The number of carbonyl (C=O) groups is 1. The quantitative estimate of drug-likeness (QED) is 0.930. The minimum atomic E-state index is -0.0373. The van der Waals surface area contributed by atoms with Crippen LogP contribution < -0.4 is 10.6 Å². The third-order valence-corrected chi connectivity index (χ3v) is 4.68. The van der Waals surface area contributed by atoms with Crippen LogP contribution in [0.15, 0.2) is 12.1 Å². The number of hydrogen-bond donors (Lipinski definition) is 1. The molecule has 1 atom stereocenters. The van der Waals surface area contributed by atoms with Crippen molar-refractivity contribution in [2.45, 2.75) is 52.0 Å². The molecular weight excluding hydrogens is 276 g/mol. The number of fused-ring (bicyclic) bond motifs is 1. The number of carbonyl (C=O) groups excluding carboxylic acids is 1. The molecule has 0 spiro atoms. The predicted molar refractivity (Wildman–Crippen MR) is 90.3 cm³/mol. The maximum atomic E-state index is 12.4. The van der Waals surface area contributed by atoms with E-state index >= 15 is 0 Å². The van der Waals surface area contributed by atoms with Crippen LogP contribution in [-0.4, -0.2) is 26.2 Å². The van der Waals surface area contributed by atoms with Gasteiger partial charge in [-0.1, -0.05) is 26.8 Å². The molecule has 4 nitrogen and oxygen atoms in total. The number of hydrogen-bond acceptors (Lipinski definition) is 3. The summed E-state index contributed by atoms with van der Waals surface area (Å²) in [7, 11) is 1.56. The number of methoxy groups -OCH3 is 1. The molecule has 0 fully saturated rings. The van der Waals surface area contributed by atoms with Gasteiger partial charge in [-0.15, -0.1) is 0 Å². The molecule has 2 N–H and O–H groups in total. The van der Waals surface area contributed by atoms with Crippen molar-refractivity contribution in [3.63, 3.8) is 0 Å². The van der Waals surface area contributed by atoms with Gasteiger partial charge in [0.25, 0.3) is 5.91 Å². The third-order valence-electron chi connectivity index (χ3n) is 4.68. The molecule has 0 aromatic heterocycles. The summed E-state index contributed by atoms with van der Waals surface area (Å²) in [6.07, 6.45) is 1.91. The summed E-state index contributed by atoms with van der Waals surface area (Å²) in [5.74, 6) is 0.0131. The Labute approximate surface area is 133 Å². The van der Waals surface area contributed by atoms with Crippen molar-refractivity contribution in [1.29, 1.82) is 0 Å². The number of nitrogens with zero attached hydrogens (tertiary/aromatic N) is 1. The molecule has 1 heterocycles. The topological polar surface area (TPSA) is 55.6 Å². The van der Waals surface area contributed by atoms with E-state index in [1.807, 2.05) is 11.8 Å². The van der Waals surface area contributed by atoms with Crippen molar-refractivity contribution >= 4 is 11.6 Å². The zero-order chi connectivity index (χ0) is 16.5. The molecule has 0 aliphatic carbocycles. The highest BCUT2D eigenvalue weighted by molar-refractivity contribution is 5.96. The van der Waals surface area contributed by atoms with Gasteiger partial charge in [0.05, 0.1) is 0 Å². The van der Waals surface area contributed by atoms with Crippen LogP contribution in [0.25, 0.3) is 0 Å². The van der Waals surface area contributed by atoms with E-state index in [-0.39, 0.29) is 24.0 Å². The molecule has 2 rings (SSSR count). The minimum absolute atomic E-state index is 0.0131.